The quantitative estimate of drug-likeness (QED) is 0.864. The molecule has 0 saturated carbocycles. The van der Waals surface area contributed by atoms with Gasteiger partial charge in [0.15, 0.2) is 5.96 Å². The second-order valence-electron chi connectivity index (χ2n) is 4.46. The Labute approximate surface area is 137 Å². The molecule has 0 aliphatic carbocycles. The summed E-state index contributed by atoms with van der Waals surface area (Å²) in [6, 6.07) is 13.6. The van der Waals surface area contributed by atoms with Crippen molar-refractivity contribution in [2.45, 2.75) is 9.79 Å². The lowest BCUT2D eigenvalue weighted by Gasteiger charge is -2.09. The molecular weight excluding hydrogens is 325 g/mol. The third-order valence-electron chi connectivity index (χ3n) is 2.93. The number of aliphatic imine (C=N–C) groups is 1. The lowest BCUT2D eigenvalue weighted by molar-refractivity contribution is 0.959. The zero-order valence-electron chi connectivity index (χ0n) is 11.1. The first-order valence-corrected chi connectivity index (χ1v) is 8.07. The number of benzene rings is 2. The molecule has 0 amide bonds. The van der Waals surface area contributed by atoms with Gasteiger partial charge in [-0.1, -0.05) is 41.0 Å². The van der Waals surface area contributed by atoms with Crippen molar-refractivity contribution in [2.24, 2.45) is 4.99 Å². The fourth-order valence-electron chi connectivity index (χ4n) is 1.92. The first-order valence-electron chi connectivity index (χ1n) is 6.49. The summed E-state index contributed by atoms with van der Waals surface area (Å²) in [7, 11) is 0. The molecule has 0 fully saturated rings. The van der Waals surface area contributed by atoms with Crippen LogP contribution in [0.5, 0.6) is 0 Å². The number of halogens is 2. The van der Waals surface area contributed by atoms with Gasteiger partial charge in [-0.25, -0.2) is 0 Å². The predicted octanol–water partition coefficient (Wildman–Crippen LogP) is 4.52. The Bertz CT molecular complexity index is 651. The Morgan fingerprint density at radius 3 is 2.38 bits per heavy atom. The van der Waals surface area contributed by atoms with Crippen LogP contribution in [-0.2, 0) is 0 Å². The Balaban J connectivity index is 1.72. The molecule has 0 aromatic heterocycles. The Morgan fingerprint density at radius 2 is 1.76 bits per heavy atom. The minimum Gasteiger partial charge on any atom is -0.354 e. The number of guanidine groups is 1. The molecule has 0 radical (unpaired) electrons. The average molecular weight is 338 g/mol. The van der Waals surface area contributed by atoms with Crippen molar-refractivity contribution in [3.8, 4) is 0 Å². The molecule has 0 atom stereocenters. The SMILES string of the molecule is Clc1cccc(Cl)c1Sc1ccc(NC2=NCCN2)cc1. The van der Waals surface area contributed by atoms with Gasteiger partial charge in [0, 0.05) is 22.0 Å². The van der Waals surface area contributed by atoms with Gasteiger partial charge in [0.25, 0.3) is 0 Å². The molecule has 108 valence electrons. The van der Waals surface area contributed by atoms with Gasteiger partial charge in [-0.2, -0.15) is 0 Å². The van der Waals surface area contributed by atoms with Gasteiger partial charge in [-0.05, 0) is 36.4 Å². The van der Waals surface area contributed by atoms with E-state index in [4.69, 9.17) is 23.2 Å². The van der Waals surface area contributed by atoms with Crippen molar-refractivity contribution < 1.29 is 0 Å². The van der Waals surface area contributed by atoms with Gasteiger partial charge >= 0.3 is 0 Å². The second kappa shape index (κ2) is 6.60. The van der Waals surface area contributed by atoms with E-state index >= 15 is 0 Å². The normalized spacial score (nSPS) is 13.7. The molecule has 21 heavy (non-hydrogen) atoms. The van der Waals surface area contributed by atoms with E-state index in [0.29, 0.717) is 10.0 Å². The van der Waals surface area contributed by atoms with E-state index in [1.54, 1.807) is 11.8 Å². The molecule has 1 aliphatic heterocycles. The summed E-state index contributed by atoms with van der Waals surface area (Å²) in [5.74, 6) is 0.824. The van der Waals surface area contributed by atoms with E-state index in [-0.39, 0.29) is 0 Å². The zero-order chi connectivity index (χ0) is 14.7. The fraction of sp³-hybridized carbons (Fsp3) is 0.133. The summed E-state index contributed by atoms with van der Waals surface area (Å²) in [5, 5.41) is 7.74. The molecule has 0 bridgehead atoms. The van der Waals surface area contributed by atoms with Crippen molar-refractivity contribution in [1.82, 2.24) is 5.32 Å². The third kappa shape index (κ3) is 3.64. The van der Waals surface area contributed by atoms with Gasteiger partial charge in [-0.15, -0.1) is 0 Å². The summed E-state index contributed by atoms with van der Waals surface area (Å²) >= 11 is 13.9. The van der Waals surface area contributed by atoms with Crippen LogP contribution in [0, 0.1) is 0 Å². The molecule has 0 unspecified atom stereocenters. The number of hydrogen-bond donors (Lipinski definition) is 2. The molecular formula is C15H13Cl2N3S. The number of hydrogen-bond acceptors (Lipinski definition) is 4. The van der Waals surface area contributed by atoms with Crippen molar-refractivity contribution >= 4 is 46.6 Å². The lowest BCUT2D eigenvalue weighted by atomic mass is 10.3. The first-order chi connectivity index (χ1) is 10.2. The van der Waals surface area contributed by atoms with Crippen LogP contribution >= 0.6 is 35.0 Å². The van der Waals surface area contributed by atoms with Crippen LogP contribution in [0.15, 0.2) is 57.2 Å². The summed E-state index contributed by atoms with van der Waals surface area (Å²) in [5.41, 5.74) is 0.998. The molecule has 3 rings (SSSR count). The summed E-state index contributed by atoms with van der Waals surface area (Å²) in [6.45, 7) is 1.71. The Hall–Kier alpha value is -1.36. The van der Waals surface area contributed by atoms with Crippen LogP contribution in [0.4, 0.5) is 5.69 Å². The maximum atomic E-state index is 6.18. The van der Waals surface area contributed by atoms with Crippen molar-refractivity contribution in [1.29, 1.82) is 0 Å². The van der Waals surface area contributed by atoms with Crippen molar-refractivity contribution in [3.63, 3.8) is 0 Å². The molecule has 1 aliphatic rings. The van der Waals surface area contributed by atoms with E-state index in [9.17, 15) is 0 Å². The summed E-state index contributed by atoms with van der Waals surface area (Å²) in [4.78, 5) is 6.26. The van der Waals surface area contributed by atoms with E-state index < -0.39 is 0 Å². The molecule has 0 saturated heterocycles. The minimum absolute atomic E-state index is 0.666. The van der Waals surface area contributed by atoms with Crippen LogP contribution in [0.2, 0.25) is 10.0 Å². The van der Waals surface area contributed by atoms with Crippen molar-refractivity contribution in [2.75, 3.05) is 18.4 Å². The van der Waals surface area contributed by atoms with E-state index in [1.165, 1.54) is 0 Å². The fourth-order valence-corrected chi connectivity index (χ4v) is 3.39. The van der Waals surface area contributed by atoms with E-state index in [0.717, 1.165) is 34.5 Å². The molecule has 2 N–H and O–H groups in total. The van der Waals surface area contributed by atoms with Gasteiger partial charge in [-0.3, -0.25) is 4.99 Å². The number of nitrogens with one attached hydrogen (secondary N) is 2. The van der Waals surface area contributed by atoms with Gasteiger partial charge in [0.1, 0.15) is 0 Å². The highest BCUT2D eigenvalue weighted by atomic mass is 35.5. The van der Waals surface area contributed by atoms with Crippen LogP contribution < -0.4 is 10.6 Å². The monoisotopic (exact) mass is 337 g/mol. The van der Waals surface area contributed by atoms with E-state index in [1.807, 2.05) is 42.5 Å². The minimum atomic E-state index is 0.666. The zero-order valence-corrected chi connectivity index (χ0v) is 13.4. The summed E-state index contributed by atoms with van der Waals surface area (Å²) in [6.07, 6.45) is 0. The number of rotatable bonds is 3. The summed E-state index contributed by atoms with van der Waals surface area (Å²) < 4.78 is 0. The number of anilines is 1. The predicted molar refractivity (Wildman–Crippen MR) is 91.0 cm³/mol. The molecule has 3 nitrogen and oxygen atoms in total. The maximum absolute atomic E-state index is 6.18. The second-order valence-corrected chi connectivity index (χ2v) is 6.36. The molecule has 1 heterocycles. The van der Waals surface area contributed by atoms with Crippen LogP contribution in [-0.4, -0.2) is 19.0 Å². The van der Waals surface area contributed by atoms with E-state index in [2.05, 4.69) is 15.6 Å². The van der Waals surface area contributed by atoms with Gasteiger partial charge in [0.05, 0.1) is 16.6 Å². The standard InChI is InChI=1S/C15H13Cl2N3S/c16-12-2-1-3-13(17)14(12)21-11-6-4-10(5-7-11)20-15-18-8-9-19-15/h1-7H,8-9H2,(H2,18,19,20). The van der Waals surface area contributed by atoms with Gasteiger partial charge in [0.2, 0.25) is 0 Å². The topological polar surface area (TPSA) is 36.4 Å². The van der Waals surface area contributed by atoms with Crippen molar-refractivity contribution in [3.05, 3.63) is 52.5 Å². The van der Waals surface area contributed by atoms with Gasteiger partial charge < -0.3 is 10.6 Å². The molecule has 2 aromatic carbocycles. The highest BCUT2D eigenvalue weighted by molar-refractivity contribution is 7.99. The Morgan fingerprint density at radius 1 is 1.05 bits per heavy atom. The molecule has 6 heteroatoms. The highest BCUT2D eigenvalue weighted by Crippen LogP contribution is 2.38. The molecule has 2 aromatic rings. The third-order valence-corrected chi connectivity index (χ3v) is 4.94. The average Bonchev–Trinajstić information content (AvgIpc) is 2.98. The Kier molecular flexibility index (Phi) is 4.58. The highest BCUT2D eigenvalue weighted by Gasteiger charge is 2.08. The number of nitrogens with zero attached hydrogens (tertiary/aromatic N) is 1. The lowest BCUT2D eigenvalue weighted by Crippen LogP contribution is -2.26. The first kappa shape index (κ1) is 14.6. The van der Waals surface area contributed by atoms with Crippen LogP contribution in [0.25, 0.3) is 0 Å². The molecule has 0 spiro atoms. The maximum Gasteiger partial charge on any atom is 0.195 e. The van der Waals surface area contributed by atoms with Crippen LogP contribution in [0.3, 0.4) is 0 Å². The smallest absolute Gasteiger partial charge is 0.195 e. The van der Waals surface area contributed by atoms with Crippen LogP contribution in [0.1, 0.15) is 0 Å². The largest absolute Gasteiger partial charge is 0.354 e.